The van der Waals surface area contributed by atoms with E-state index in [9.17, 15) is 9.59 Å². The first-order valence-electron chi connectivity index (χ1n) is 5.85. The zero-order chi connectivity index (χ0) is 14.0. The van der Waals surface area contributed by atoms with E-state index in [4.69, 9.17) is 15.6 Å². The number of cyclic esters (lactones) is 1. The molecular formula is C12H15N3O4. The molecule has 2 atom stereocenters. The number of amides is 1. The Balaban J connectivity index is 2.36. The summed E-state index contributed by atoms with van der Waals surface area (Å²) in [5.74, 6) is 0.0559. The van der Waals surface area contributed by atoms with Crippen LogP contribution in [0.15, 0.2) is 18.2 Å². The van der Waals surface area contributed by atoms with Crippen molar-refractivity contribution in [1.29, 1.82) is 0 Å². The van der Waals surface area contributed by atoms with Crippen LogP contribution < -0.4 is 10.6 Å². The fourth-order valence-corrected chi connectivity index (χ4v) is 2.05. The maximum absolute atomic E-state index is 11.9. The van der Waals surface area contributed by atoms with Crippen LogP contribution in [-0.2, 0) is 16.1 Å². The predicted octanol–water partition coefficient (Wildman–Crippen LogP) is -0.185. The molecule has 7 nitrogen and oxygen atoms in total. The van der Waals surface area contributed by atoms with Crippen LogP contribution in [0, 0.1) is 0 Å². The van der Waals surface area contributed by atoms with Gasteiger partial charge in [-0.05, 0) is 19.1 Å². The van der Waals surface area contributed by atoms with E-state index in [1.807, 2.05) is 0 Å². The molecule has 0 aromatic carbocycles. The number of carbonyl (C=O) groups is 2. The lowest BCUT2D eigenvalue weighted by Crippen LogP contribution is -2.45. The zero-order valence-corrected chi connectivity index (χ0v) is 10.4. The first-order valence-corrected chi connectivity index (χ1v) is 5.85. The summed E-state index contributed by atoms with van der Waals surface area (Å²) in [6.45, 7) is 1.20. The Kier molecular flexibility index (Phi) is 3.77. The van der Waals surface area contributed by atoms with Gasteiger partial charge in [0.05, 0.1) is 18.3 Å². The fraction of sp³-hybridized carbons (Fsp3) is 0.417. The minimum atomic E-state index is -0.878. The summed E-state index contributed by atoms with van der Waals surface area (Å²) in [5.41, 5.74) is 6.04. The lowest BCUT2D eigenvalue weighted by Gasteiger charge is -2.21. The summed E-state index contributed by atoms with van der Waals surface area (Å²) in [5, 5.41) is 9.06. The van der Waals surface area contributed by atoms with Gasteiger partial charge in [-0.15, -0.1) is 0 Å². The number of anilines is 1. The number of nitrogens with two attached hydrogens (primary N) is 1. The summed E-state index contributed by atoms with van der Waals surface area (Å²) in [4.78, 5) is 28.7. The number of nitrogens with zero attached hydrogens (tertiary/aromatic N) is 2. The van der Waals surface area contributed by atoms with Crippen molar-refractivity contribution >= 4 is 17.7 Å². The van der Waals surface area contributed by atoms with Gasteiger partial charge in [-0.25, -0.2) is 9.78 Å². The highest BCUT2D eigenvalue weighted by atomic mass is 16.6. The van der Waals surface area contributed by atoms with Crippen LogP contribution >= 0.6 is 0 Å². The van der Waals surface area contributed by atoms with Crippen molar-refractivity contribution in [3.05, 3.63) is 23.9 Å². The van der Waals surface area contributed by atoms with Gasteiger partial charge in [0, 0.05) is 6.54 Å². The Morgan fingerprint density at radius 3 is 2.89 bits per heavy atom. The molecule has 102 valence electrons. The smallest absolute Gasteiger partial charge is 0.416 e. The molecular weight excluding hydrogens is 250 g/mol. The van der Waals surface area contributed by atoms with Crippen molar-refractivity contribution in [3.63, 3.8) is 0 Å². The van der Waals surface area contributed by atoms with Crippen molar-refractivity contribution in [2.24, 2.45) is 5.73 Å². The molecule has 1 aliphatic heterocycles. The molecule has 1 amide bonds. The molecule has 1 fully saturated rings. The number of aliphatic hydroxyl groups excluding tert-OH is 1. The number of hydrogen-bond donors (Lipinski definition) is 2. The van der Waals surface area contributed by atoms with Gasteiger partial charge in [-0.2, -0.15) is 0 Å². The molecule has 2 heterocycles. The third-order valence-corrected chi connectivity index (χ3v) is 2.95. The molecule has 1 aromatic heterocycles. The number of hydrogen-bond acceptors (Lipinski definition) is 6. The molecule has 0 spiro atoms. The molecule has 1 aliphatic rings. The Morgan fingerprint density at radius 1 is 1.58 bits per heavy atom. The summed E-state index contributed by atoms with van der Waals surface area (Å²) < 4.78 is 5.02. The zero-order valence-electron chi connectivity index (χ0n) is 10.4. The van der Waals surface area contributed by atoms with E-state index in [0.717, 1.165) is 0 Å². The first-order chi connectivity index (χ1) is 9.08. The number of ketones is 1. The van der Waals surface area contributed by atoms with Crippen LogP contribution in [0.3, 0.4) is 0 Å². The normalized spacial score (nSPS) is 22.5. The van der Waals surface area contributed by atoms with E-state index in [1.165, 1.54) is 11.8 Å². The summed E-state index contributed by atoms with van der Waals surface area (Å²) in [6.07, 6.45) is -1.53. The van der Waals surface area contributed by atoms with Crippen LogP contribution in [0.4, 0.5) is 10.6 Å². The number of rotatable bonds is 4. The number of Topliss-reactive ketones (excluding diaryl/α,β-unsaturated/α-hetero) is 1. The molecule has 2 rings (SSSR count). The number of ether oxygens (including phenoxy) is 1. The number of carbonyl (C=O) groups excluding carboxylic acids is 2. The third kappa shape index (κ3) is 2.42. The third-order valence-electron chi connectivity index (χ3n) is 2.95. The standard InChI is InChI=1S/C12H15N3O4/c1-7(17)11-9(5-13)15(12(18)19-11)10-4-2-3-8(6-16)14-10/h2-4,9,11,16H,5-6,13H2,1H3/t9?,11-/m1/s1. The highest BCUT2D eigenvalue weighted by Gasteiger charge is 2.44. The molecule has 1 saturated heterocycles. The Bertz CT molecular complexity index is 506. The van der Waals surface area contributed by atoms with E-state index in [1.54, 1.807) is 18.2 Å². The van der Waals surface area contributed by atoms with E-state index in [2.05, 4.69) is 4.98 Å². The molecule has 0 radical (unpaired) electrons. The highest BCUT2D eigenvalue weighted by Crippen LogP contribution is 2.25. The van der Waals surface area contributed by atoms with Crippen molar-refractivity contribution in [3.8, 4) is 0 Å². The second-order valence-electron chi connectivity index (χ2n) is 4.23. The maximum Gasteiger partial charge on any atom is 0.416 e. The van der Waals surface area contributed by atoms with Crippen molar-refractivity contribution in [2.45, 2.75) is 25.7 Å². The van der Waals surface area contributed by atoms with Gasteiger partial charge in [0.2, 0.25) is 0 Å². The topological polar surface area (TPSA) is 106 Å². The van der Waals surface area contributed by atoms with Crippen molar-refractivity contribution < 1.29 is 19.4 Å². The Labute approximate surface area is 110 Å². The minimum Gasteiger partial charge on any atom is -0.435 e. The van der Waals surface area contributed by atoms with Gasteiger partial charge in [0.15, 0.2) is 11.9 Å². The second kappa shape index (κ2) is 5.33. The van der Waals surface area contributed by atoms with E-state index >= 15 is 0 Å². The van der Waals surface area contributed by atoms with E-state index in [-0.39, 0.29) is 18.9 Å². The van der Waals surface area contributed by atoms with E-state index < -0.39 is 18.2 Å². The largest absolute Gasteiger partial charge is 0.435 e. The summed E-state index contributed by atoms with van der Waals surface area (Å²) >= 11 is 0. The van der Waals surface area contributed by atoms with Crippen LogP contribution in [0.2, 0.25) is 0 Å². The summed E-state index contributed by atoms with van der Waals surface area (Å²) in [7, 11) is 0. The maximum atomic E-state index is 11.9. The molecule has 1 unspecified atom stereocenters. The molecule has 0 bridgehead atoms. The molecule has 0 aliphatic carbocycles. The summed E-state index contributed by atoms with van der Waals surface area (Å²) in [6, 6.07) is 4.32. The SMILES string of the molecule is CC(=O)[C@H]1OC(=O)N(c2cccc(CO)n2)C1CN. The van der Waals surface area contributed by atoms with Crippen LogP contribution in [-0.4, -0.2) is 40.7 Å². The second-order valence-corrected chi connectivity index (χ2v) is 4.23. The number of aliphatic hydroxyl groups is 1. The van der Waals surface area contributed by atoms with Gasteiger partial charge in [-0.3, -0.25) is 9.69 Å². The van der Waals surface area contributed by atoms with Crippen LogP contribution in [0.5, 0.6) is 0 Å². The quantitative estimate of drug-likeness (QED) is 0.782. The van der Waals surface area contributed by atoms with Crippen LogP contribution in [0.25, 0.3) is 0 Å². The molecule has 3 N–H and O–H groups in total. The van der Waals surface area contributed by atoms with Gasteiger partial charge in [0.25, 0.3) is 0 Å². The van der Waals surface area contributed by atoms with Gasteiger partial charge < -0.3 is 15.6 Å². The van der Waals surface area contributed by atoms with Gasteiger partial charge in [0.1, 0.15) is 5.82 Å². The Hall–Kier alpha value is -1.99. The number of pyridine rings is 1. The average Bonchev–Trinajstić information content (AvgIpc) is 2.75. The van der Waals surface area contributed by atoms with Crippen LogP contribution in [0.1, 0.15) is 12.6 Å². The molecule has 19 heavy (non-hydrogen) atoms. The Morgan fingerprint density at radius 2 is 2.32 bits per heavy atom. The number of aromatic nitrogens is 1. The first kappa shape index (κ1) is 13.4. The lowest BCUT2D eigenvalue weighted by molar-refractivity contribution is -0.124. The monoisotopic (exact) mass is 265 g/mol. The predicted molar refractivity (Wildman–Crippen MR) is 66.4 cm³/mol. The highest BCUT2D eigenvalue weighted by molar-refractivity contribution is 5.96. The average molecular weight is 265 g/mol. The lowest BCUT2D eigenvalue weighted by atomic mass is 10.1. The van der Waals surface area contributed by atoms with Crippen molar-refractivity contribution in [2.75, 3.05) is 11.4 Å². The molecule has 0 saturated carbocycles. The fourth-order valence-electron chi connectivity index (χ4n) is 2.05. The van der Waals surface area contributed by atoms with E-state index in [0.29, 0.717) is 11.5 Å². The van der Waals surface area contributed by atoms with Gasteiger partial charge in [-0.1, -0.05) is 6.07 Å². The van der Waals surface area contributed by atoms with Gasteiger partial charge >= 0.3 is 6.09 Å². The minimum absolute atomic E-state index is 0.0843. The molecule has 7 heteroatoms. The molecule has 1 aromatic rings. The van der Waals surface area contributed by atoms with Crippen molar-refractivity contribution in [1.82, 2.24) is 4.98 Å².